The Bertz CT molecular complexity index is 1590. The molecule has 0 aliphatic rings. The molecule has 2 heterocycles. The van der Waals surface area contributed by atoms with Crippen LogP contribution in [0.3, 0.4) is 0 Å². The van der Waals surface area contributed by atoms with Crippen LogP contribution in [0.1, 0.15) is 40.3 Å². The third kappa shape index (κ3) is 6.42. The summed E-state index contributed by atoms with van der Waals surface area (Å²) in [5, 5.41) is 37.7. The number of hydrogen-bond donors (Lipinski definition) is 7. The molecule has 0 aliphatic heterocycles. The van der Waals surface area contributed by atoms with Gasteiger partial charge in [-0.15, -0.1) is 5.10 Å². The smallest absolute Gasteiger partial charge is 0.349 e. The number of H-pyrrole nitrogens is 2. The lowest BCUT2D eigenvalue weighted by molar-refractivity contribution is -0.134. The molecule has 40 heavy (non-hydrogen) atoms. The van der Waals surface area contributed by atoms with Crippen molar-refractivity contribution in [3.05, 3.63) is 81.4 Å². The number of aromatic carboxylic acids is 1. The molecule has 0 aliphatic carbocycles. The van der Waals surface area contributed by atoms with Gasteiger partial charge in [-0.3, -0.25) is 20.3 Å². The Hall–Kier alpha value is -5.67. The quantitative estimate of drug-likeness (QED) is 0.116. The number of hydrogen-bond acceptors (Lipinski definition) is 9. The fourth-order valence-electron chi connectivity index (χ4n) is 3.52. The van der Waals surface area contributed by atoms with Gasteiger partial charge in [0.15, 0.2) is 23.1 Å². The van der Waals surface area contributed by atoms with Crippen molar-refractivity contribution in [2.75, 3.05) is 19.5 Å². The van der Waals surface area contributed by atoms with Gasteiger partial charge < -0.3 is 30.7 Å². The number of amidine groups is 1. The van der Waals surface area contributed by atoms with Crippen molar-refractivity contribution < 1.29 is 33.7 Å². The lowest BCUT2D eigenvalue weighted by Gasteiger charge is -2.20. The molecule has 2 aromatic carbocycles. The van der Waals surface area contributed by atoms with Gasteiger partial charge >= 0.3 is 11.7 Å². The molecule has 0 saturated heterocycles. The fourth-order valence-corrected chi connectivity index (χ4v) is 3.52. The minimum Gasteiger partial charge on any atom is -0.493 e. The first-order valence-electron chi connectivity index (χ1n) is 11.2. The maximum atomic E-state index is 15.3. The van der Waals surface area contributed by atoms with Gasteiger partial charge in [0, 0.05) is 29.8 Å². The molecular weight excluding hydrogens is 531 g/mol. The minimum absolute atomic E-state index is 0.0345. The fraction of sp³-hybridized carbons (Fsp3) is 0.167. The molecule has 0 bridgehead atoms. The number of aliphatic carboxylic acids is 1. The zero-order valence-electron chi connectivity index (χ0n) is 21.4. The summed E-state index contributed by atoms with van der Waals surface area (Å²) in [6.07, 6.45) is 1.04. The van der Waals surface area contributed by atoms with Crippen molar-refractivity contribution in [3.8, 4) is 17.3 Å². The number of aromatic amines is 2. The Labute approximate surface area is 224 Å². The Morgan fingerprint density at radius 2 is 1.75 bits per heavy atom. The van der Waals surface area contributed by atoms with E-state index in [1.54, 1.807) is 24.3 Å². The first kappa shape index (κ1) is 28.9. The molecule has 0 saturated carbocycles. The second-order valence-corrected chi connectivity index (χ2v) is 7.98. The third-order valence-electron chi connectivity index (χ3n) is 5.29. The number of halogens is 1. The molecule has 0 radical (unpaired) electrons. The van der Waals surface area contributed by atoms with Crippen molar-refractivity contribution in [1.82, 2.24) is 25.0 Å². The van der Waals surface area contributed by atoms with Crippen molar-refractivity contribution in [2.24, 2.45) is 5.73 Å². The average Bonchev–Trinajstić information content (AvgIpc) is 3.54. The Morgan fingerprint density at radius 1 is 1.15 bits per heavy atom. The number of nitrogens with zero attached hydrogens (tertiary/aromatic N) is 3. The number of anilines is 1. The average molecular weight is 557 g/mol. The monoisotopic (exact) mass is 556 g/mol. The molecule has 0 amide bonds. The summed E-state index contributed by atoms with van der Waals surface area (Å²) in [5.41, 5.74) is 5.46. The third-order valence-corrected chi connectivity index (χ3v) is 5.29. The van der Waals surface area contributed by atoms with Crippen LogP contribution in [0.25, 0.3) is 5.82 Å². The van der Waals surface area contributed by atoms with Crippen molar-refractivity contribution in [2.45, 2.75) is 13.0 Å². The van der Waals surface area contributed by atoms with E-state index < -0.39 is 29.5 Å². The number of ether oxygens (including phenoxy) is 2. The topological polar surface area (TPSA) is 234 Å². The lowest BCUT2D eigenvalue weighted by atomic mass is 10.0. The van der Waals surface area contributed by atoms with Crippen LogP contribution in [0, 0.1) is 11.2 Å². The molecule has 4 rings (SSSR count). The molecule has 16 heteroatoms. The van der Waals surface area contributed by atoms with Crippen LogP contribution in [0.15, 0.2) is 47.4 Å². The van der Waals surface area contributed by atoms with Gasteiger partial charge in [0.2, 0.25) is 0 Å². The van der Waals surface area contributed by atoms with Gasteiger partial charge in [-0.2, -0.15) is 9.78 Å². The highest BCUT2D eigenvalue weighted by atomic mass is 19.1. The van der Waals surface area contributed by atoms with Crippen molar-refractivity contribution in [3.63, 3.8) is 0 Å². The summed E-state index contributed by atoms with van der Waals surface area (Å²) in [4.78, 5) is 35.8. The van der Waals surface area contributed by atoms with Gasteiger partial charge in [-0.05, 0) is 30.3 Å². The first-order chi connectivity index (χ1) is 19.0. The SMILES string of the molecule is CC(=O)O.COc1cc(F)c([C@H](Nc2ccc(C(=N)N)cc2)c2nn(-c3[nH]ncc3C(=O)O)c(=O)[nH]2)cc1OC. The number of carboxylic acid groups (broad SMARTS) is 2. The number of benzene rings is 2. The maximum Gasteiger partial charge on any atom is 0.349 e. The summed E-state index contributed by atoms with van der Waals surface area (Å²) < 4.78 is 26.5. The van der Waals surface area contributed by atoms with E-state index >= 15 is 4.39 Å². The molecule has 0 unspecified atom stereocenters. The number of carbonyl (C=O) groups is 2. The number of nitrogens with one attached hydrogen (secondary N) is 4. The molecule has 8 N–H and O–H groups in total. The highest BCUT2D eigenvalue weighted by Gasteiger charge is 2.27. The van der Waals surface area contributed by atoms with Crippen LogP contribution in [0.5, 0.6) is 11.5 Å². The highest BCUT2D eigenvalue weighted by Crippen LogP contribution is 2.35. The van der Waals surface area contributed by atoms with Crippen LogP contribution in [0.4, 0.5) is 10.1 Å². The molecule has 15 nitrogen and oxygen atoms in total. The summed E-state index contributed by atoms with van der Waals surface area (Å²) >= 11 is 0. The molecule has 1 atom stereocenters. The number of nitrogens with two attached hydrogens (primary N) is 1. The number of rotatable bonds is 9. The van der Waals surface area contributed by atoms with Crippen LogP contribution >= 0.6 is 0 Å². The predicted molar refractivity (Wildman–Crippen MR) is 139 cm³/mol. The largest absolute Gasteiger partial charge is 0.493 e. The molecule has 0 fully saturated rings. The number of carboxylic acids is 2. The van der Waals surface area contributed by atoms with Gasteiger partial charge in [0.1, 0.15) is 23.3 Å². The lowest BCUT2D eigenvalue weighted by Crippen LogP contribution is -2.18. The second-order valence-electron chi connectivity index (χ2n) is 7.98. The van der Waals surface area contributed by atoms with E-state index in [0.717, 1.165) is 23.9 Å². The number of nitrogen functional groups attached to an aromatic ring is 1. The normalized spacial score (nSPS) is 11.1. The van der Waals surface area contributed by atoms with Crippen molar-refractivity contribution in [1.29, 1.82) is 5.41 Å². The molecule has 210 valence electrons. The summed E-state index contributed by atoms with van der Waals surface area (Å²) in [6.45, 7) is 1.08. The molecule has 0 spiro atoms. The Kier molecular flexibility index (Phi) is 8.85. The summed E-state index contributed by atoms with van der Waals surface area (Å²) in [5.74, 6) is -2.78. The van der Waals surface area contributed by atoms with Gasteiger partial charge in [0.05, 0.1) is 20.4 Å². The van der Waals surface area contributed by atoms with Crippen LogP contribution < -0.4 is 26.2 Å². The number of aromatic nitrogens is 5. The van der Waals surface area contributed by atoms with Gasteiger partial charge in [-0.1, -0.05) is 0 Å². The maximum absolute atomic E-state index is 15.3. The van der Waals surface area contributed by atoms with E-state index in [1.165, 1.54) is 20.3 Å². The van der Waals surface area contributed by atoms with Crippen LogP contribution in [0.2, 0.25) is 0 Å². The predicted octanol–water partition coefficient (Wildman–Crippen LogP) is 1.71. The Balaban J connectivity index is 0.00000103. The van der Waals surface area contributed by atoms with E-state index in [0.29, 0.717) is 11.3 Å². The zero-order valence-corrected chi connectivity index (χ0v) is 21.4. The molecule has 2 aromatic heterocycles. The van der Waals surface area contributed by atoms with E-state index in [4.69, 9.17) is 30.5 Å². The van der Waals surface area contributed by atoms with E-state index in [9.17, 15) is 14.7 Å². The van der Waals surface area contributed by atoms with Gasteiger partial charge in [-0.25, -0.2) is 14.0 Å². The highest BCUT2D eigenvalue weighted by molar-refractivity contribution is 5.95. The van der Waals surface area contributed by atoms with Gasteiger partial charge in [0.25, 0.3) is 5.97 Å². The summed E-state index contributed by atoms with van der Waals surface area (Å²) in [6, 6.07) is 7.89. The van der Waals surface area contributed by atoms with Crippen LogP contribution in [-0.2, 0) is 4.79 Å². The van der Waals surface area contributed by atoms with Crippen LogP contribution in [-0.4, -0.2) is 67.2 Å². The van der Waals surface area contributed by atoms with Crippen molar-refractivity contribution >= 4 is 23.5 Å². The minimum atomic E-state index is -1.32. The summed E-state index contributed by atoms with van der Waals surface area (Å²) in [7, 11) is 2.76. The van der Waals surface area contributed by atoms with E-state index in [2.05, 4.69) is 25.6 Å². The van der Waals surface area contributed by atoms with E-state index in [-0.39, 0.29) is 40.1 Å². The number of methoxy groups -OCH3 is 2. The molecule has 4 aromatic rings. The van der Waals surface area contributed by atoms with E-state index in [1.807, 2.05) is 0 Å². The standard InChI is InChI=1S/C22H21FN8O5.C2H4O2/c1-35-15-7-12(14(23)8-16(15)36-2)17(27-11-5-3-10(4-6-11)18(24)25)19-28-22(34)31(30-19)20-13(21(32)33)9-26-29-20;1-2(3)4/h3-9,17,27H,1-2H3,(H3,24,25)(H,26,29)(H,32,33)(H,28,30,34);1H3,(H,3,4)/t17-;/m0./s1. The first-order valence-corrected chi connectivity index (χ1v) is 11.2. The Morgan fingerprint density at radius 3 is 2.30 bits per heavy atom. The zero-order chi connectivity index (χ0) is 29.6. The molecular formula is C24H25FN8O7. The second kappa shape index (κ2) is 12.2.